The molecule has 148 valence electrons. The monoisotopic (exact) mass is 393 g/mol. The third kappa shape index (κ3) is 4.24. The number of aliphatic hydroxyl groups is 2. The number of H-pyrrole nitrogens is 1. The van der Waals surface area contributed by atoms with E-state index in [4.69, 9.17) is 15.6 Å². The second kappa shape index (κ2) is 7.73. The van der Waals surface area contributed by atoms with Crippen LogP contribution in [0.4, 0.5) is 19.1 Å². The van der Waals surface area contributed by atoms with E-state index in [2.05, 4.69) is 4.98 Å². The molecule has 3 rings (SSSR count). The minimum atomic E-state index is -3.71. The molecule has 2 aromatic rings. The van der Waals surface area contributed by atoms with E-state index >= 15 is 0 Å². The molecule has 3 heterocycles. The van der Waals surface area contributed by atoms with Crippen LogP contribution in [0.25, 0.3) is 0 Å². The molecular formula is C13H14F3N5O6. The molecule has 14 heteroatoms. The van der Waals surface area contributed by atoms with E-state index in [0.29, 0.717) is 4.57 Å². The highest BCUT2D eigenvalue weighted by atomic mass is 19.3. The summed E-state index contributed by atoms with van der Waals surface area (Å²) in [5.74, 6) is -3.83. The van der Waals surface area contributed by atoms with Gasteiger partial charge in [0, 0.05) is 18.5 Å². The lowest BCUT2D eigenvalue weighted by Gasteiger charge is -2.20. The van der Waals surface area contributed by atoms with E-state index in [1.807, 2.05) is 0 Å². The number of hydrogen-bond acceptors (Lipinski definition) is 8. The number of halogens is 3. The maximum absolute atomic E-state index is 13.7. The predicted octanol–water partition coefficient (Wildman–Crippen LogP) is -2.02. The summed E-state index contributed by atoms with van der Waals surface area (Å²) >= 11 is 0. The lowest BCUT2D eigenvalue weighted by atomic mass is 10.1. The van der Waals surface area contributed by atoms with Crippen LogP contribution in [0, 0.1) is 0 Å². The standard InChI is InChI=1S/C9H11F2N3O4.C4H3FN2O2/c10-9(11)6(16)4(3-15)18-7(9)14-2-1-5(12)13-8(14)17;5-7-2-1-3(8)6-4(7)9/h1-2,4,6-7,15-16H,3H2,(H2,12,13,17);1-2H,(H,6,8,9)/t4-,6-,7-;/m1./s1. The maximum Gasteiger partial charge on any atom is 0.356 e. The van der Waals surface area contributed by atoms with Gasteiger partial charge in [-0.1, -0.05) is 4.48 Å². The van der Waals surface area contributed by atoms with Gasteiger partial charge in [0.1, 0.15) is 11.9 Å². The topological polar surface area (TPSA) is 165 Å². The van der Waals surface area contributed by atoms with Gasteiger partial charge in [0.2, 0.25) is 6.23 Å². The number of aromatic nitrogens is 4. The molecule has 0 unspecified atom stereocenters. The molecule has 0 saturated carbocycles. The fourth-order valence-corrected chi connectivity index (χ4v) is 2.12. The summed E-state index contributed by atoms with van der Waals surface area (Å²) in [6.45, 7) is -0.787. The smallest absolute Gasteiger partial charge is 0.356 e. The number of aliphatic hydroxyl groups excluding tert-OH is 2. The number of nitrogens with two attached hydrogens (primary N) is 1. The fourth-order valence-electron chi connectivity index (χ4n) is 2.12. The number of nitrogen functional groups attached to an aromatic ring is 1. The van der Waals surface area contributed by atoms with E-state index in [-0.39, 0.29) is 10.6 Å². The number of rotatable bonds is 2. The molecule has 27 heavy (non-hydrogen) atoms. The second-order valence-electron chi connectivity index (χ2n) is 5.29. The Kier molecular flexibility index (Phi) is 5.82. The summed E-state index contributed by atoms with van der Waals surface area (Å²) in [4.78, 5) is 36.6. The molecule has 5 N–H and O–H groups in total. The van der Waals surface area contributed by atoms with Gasteiger partial charge in [0.15, 0.2) is 6.10 Å². The Bertz CT molecular complexity index is 974. The van der Waals surface area contributed by atoms with Crippen molar-refractivity contribution in [2.75, 3.05) is 12.3 Å². The number of nitrogens with one attached hydrogen (secondary N) is 1. The lowest BCUT2D eigenvalue weighted by Crippen LogP contribution is -2.41. The molecule has 0 amide bonds. The van der Waals surface area contributed by atoms with E-state index in [9.17, 15) is 32.8 Å². The molecule has 0 aromatic carbocycles. The number of aromatic amines is 1. The number of ether oxygens (including phenoxy) is 1. The summed E-state index contributed by atoms with van der Waals surface area (Å²) in [5.41, 5.74) is 2.55. The first kappa shape index (κ1) is 20.3. The fraction of sp³-hybridized carbons (Fsp3) is 0.385. The first-order valence-corrected chi connectivity index (χ1v) is 7.23. The van der Waals surface area contributed by atoms with Crippen LogP contribution in [0.1, 0.15) is 6.23 Å². The first-order chi connectivity index (χ1) is 12.6. The van der Waals surface area contributed by atoms with Gasteiger partial charge in [0.25, 0.3) is 5.56 Å². The molecule has 1 saturated heterocycles. The van der Waals surface area contributed by atoms with Crippen LogP contribution >= 0.6 is 0 Å². The molecule has 1 fully saturated rings. The number of hydrogen-bond donors (Lipinski definition) is 4. The average molecular weight is 393 g/mol. The Labute approximate surface area is 147 Å². The van der Waals surface area contributed by atoms with Crippen molar-refractivity contribution in [2.45, 2.75) is 24.4 Å². The van der Waals surface area contributed by atoms with Crippen molar-refractivity contribution in [1.29, 1.82) is 0 Å². The Hall–Kier alpha value is -2.97. The quantitative estimate of drug-likeness (QED) is 0.454. The van der Waals surface area contributed by atoms with Gasteiger partial charge in [-0.3, -0.25) is 14.3 Å². The molecule has 0 spiro atoms. The van der Waals surface area contributed by atoms with Crippen LogP contribution in [0.2, 0.25) is 0 Å². The van der Waals surface area contributed by atoms with Gasteiger partial charge < -0.3 is 20.7 Å². The minimum Gasteiger partial charge on any atom is -0.394 e. The van der Waals surface area contributed by atoms with Crippen LogP contribution < -0.4 is 22.7 Å². The van der Waals surface area contributed by atoms with E-state index in [0.717, 1.165) is 24.5 Å². The van der Waals surface area contributed by atoms with Crippen molar-refractivity contribution in [3.63, 3.8) is 0 Å². The van der Waals surface area contributed by atoms with E-state index in [1.165, 1.54) is 0 Å². The second-order valence-corrected chi connectivity index (χ2v) is 5.29. The minimum absolute atomic E-state index is 0.114. The Morgan fingerprint density at radius 2 is 1.96 bits per heavy atom. The predicted molar refractivity (Wildman–Crippen MR) is 82.7 cm³/mol. The molecule has 0 aliphatic carbocycles. The Balaban J connectivity index is 0.000000244. The molecular weight excluding hydrogens is 379 g/mol. The van der Waals surface area contributed by atoms with Gasteiger partial charge in [-0.2, -0.15) is 13.8 Å². The number of nitrogens with zero attached hydrogens (tertiary/aromatic N) is 3. The molecule has 1 aliphatic heterocycles. The molecule has 0 radical (unpaired) electrons. The third-order valence-corrected chi connectivity index (χ3v) is 3.44. The van der Waals surface area contributed by atoms with Gasteiger partial charge in [-0.25, -0.2) is 9.59 Å². The summed E-state index contributed by atoms with van der Waals surface area (Å²) in [7, 11) is 0. The van der Waals surface area contributed by atoms with E-state index < -0.39 is 47.9 Å². The van der Waals surface area contributed by atoms with Crippen molar-refractivity contribution in [1.82, 2.24) is 19.3 Å². The molecule has 11 nitrogen and oxygen atoms in total. The summed E-state index contributed by atoms with van der Waals surface area (Å²) in [6.07, 6.45) is -3.94. The zero-order valence-electron chi connectivity index (χ0n) is 13.3. The van der Waals surface area contributed by atoms with Crippen LogP contribution in [0.15, 0.2) is 38.9 Å². The van der Waals surface area contributed by atoms with Crippen molar-refractivity contribution < 1.29 is 28.2 Å². The zero-order chi connectivity index (χ0) is 20.4. The number of anilines is 1. The van der Waals surface area contributed by atoms with Crippen molar-refractivity contribution in [3.05, 3.63) is 55.8 Å². The average Bonchev–Trinajstić information content (AvgIpc) is 2.82. The number of alkyl halides is 2. The van der Waals surface area contributed by atoms with Crippen LogP contribution in [0.5, 0.6) is 0 Å². The molecule has 3 atom stereocenters. The van der Waals surface area contributed by atoms with Gasteiger partial charge in [-0.15, -0.1) is 4.79 Å². The third-order valence-electron chi connectivity index (χ3n) is 3.44. The largest absolute Gasteiger partial charge is 0.394 e. The highest BCUT2D eigenvalue weighted by molar-refractivity contribution is 5.23. The van der Waals surface area contributed by atoms with Crippen molar-refractivity contribution >= 4 is 5.82 Å². The normalized spacial score (nSPS) is 23.5. The van der Waals surface area contributed by atoms with E-state index in [1.54, 1.807) is 4.98 Å². The van der Waals surface area contributed by atoms with Crippen LogP contribution in [0.3, 0.4) is 0 Å². The summed E-state index contributed by atoms with van der Waals surface area (Å²) in [5, 5.41) is 18.1. The van der Waals surface area contributed by atoms with Crippen LogP contribution in [-0.2, 0) is 4.74 Å². The van der Waals surface area contributed by atoms with Crippen LogP contribution in [-0.4, -0.2) is 54.3 Å². The summed E-state index contributed by atoms with van der Waals surface area (Å²) in [6, 6.07) is 2.07. The van der Waals surface area contributed by atoms with Gasteiger partial charge in [0.05, 0.1) is 6.61 Å². The van der Waals surface area contributed by atoms with Gasteiger partial charge >= 0.3 is 17.3 Å². The molecule has 0 bridgehead atoms. The lowest BCUT2D eigenvalue weighted by molar-refractivity contribution is -0.140. The SMILES string of the molecule is Nc1ccn([C@@H]2O[C@H](CO)[C@@H](O)C2(F)F)c(=O)n1.O=c1ccn(F)c(=O)[nH]1. The first-order valence-electron chi connectivity index (χ1n) is 7.23. The van der Waals surface area contributed by atoms with Crippen molar-refractivity contribution in [2.24, 2.45) is 0 Å². The summed E-state index contributed by atoms with van der Waals surface area (Å²) < 4.78 is 44.6. The zero-order valence-corrected chi connectivity index (χ0v) is 13.3. The highest BCUT2D eigenvalue weighted by Crippen LogP contribution is 2.41. The highest BCUT2D eigenvalue weighted by Gasteiger charge is 2.59. The maximum atomic E-state index is 13.7. The molecule has 1 aliphatic rings. The Morgan fingerprint density at radius 1 is 1.30 bits per heavy atom. The molecule has 2 aromatic heterocycles. The van der Waals surface area contributed by atoms with Gasteiger partial charge in [-0.05, 0) is 6.07 Å². The Morgan fingerprint density at radius 3 is 2.44 bits per heavy atom. The van der Waals surface area contributed by atoms with Crippen molar-refractivity contribution in [3.8, 4) is 0 Å².